The van der Waals surface area contributed by atoms with Crippen molar-refractivity contribution in [2.45, 2.75) is 50.9 Å². The summed E-state index contributed by atoms with van der Waals surface area (Å²) >= 11 is 1.29. The van der Waals surface area contributed by atoms with Gasteiger partial charge in [-0.2, -0.15) is 0 Å². The lowest BCUT2D eigenvalue weighted by Gasteiger charge is -2.34. The zero-order valence-electron chi connectivity index (χ0n) is 15.3. The molecule has 1 saturated carbocycles. The second kappa shape index (κ2) is 8.58. The quantitative estimate of drug-likeness (QED) is 0.762. The van der Waals surface area contributed by atoms with E-state index in [1.54, 1.807) is 4.57 Å². The van der Waals surface area contributed by atoms with Gasteiger partial charge >= 0.3 is 5.69 Å². The molecule has 1 fully saturated rings. The van der Waals surface area contributed by atoms with Crippen molar-refractivity contribution in [3.63, 3.8) is 0 Å². The van der Waals surface area contributed by atoms with Crippen molar-refractivity contribution in [2.75, 3.05) is 5.75 Å². The van der Waals surface area contributed by atoms with Crippen LogP contribution < -0.4 is 11.0 Å². The van der Waals surface area contributed by atoms with Crippen molar-refractivity contribution in [3.05, 3.63) is 46.4 Å². The number of aromatic amines is 1. The number of thioether (sulfide) groups is 1. The van der Waals surface area contributed by atoms with Crippen LogP contribution in [0.15, 0.2) is 40.3 Å². The first kappa shape index (κ1) is 18.8. The van der Waals surface area contributed by atoms with Crippen LogP contribution >= 0.6 is 11.8 Å². The molecule has 0 spiro atoms. The van der Waals surface area contributed by atoms with Crippen molar-refractivity contribution < 1.29 is 4.79 Å². The third kappa shape index (κ3) is 4.58. The number of nitrogens with zero attached hydrogens (tertiary/aromatic N) is 2. The maximum atomic E-state index is 12.4. The van der Waals surface area contributed by atoms with E-state index >= 15 is 0 Å². The largest absolute Gasteiger partial charge is 0.352 e. The third-order valence-corrected chi connectivity index (χ3v) is 6.27. The van der Waals surface area contributed by atoms with Crippen LogP contribution in [0.5, 0.6) is 0 Å². The second-order valence-corrected chi connectivity index (χ2v) is 8.06. The van der Waals surface area contributed by atoms with E-state index in [1.807, 2.05) is 30.3 Å². The minimum absolute atomic E-state index is 0.00246. The fourth-order valence-electron chi connectivity index (χ4n) is 3.48. The average Bonchev–Trinajstić information content (AvgIpc) is 2.98. The zero-order valence-corrected chi connectivity index (χ0v) is 16.1. The van der Waals surface area contributed by atoms with Gasteiger partial charge in [-0.15, -0.1) is 5.10 Å². The molecule has 2 N–H and O–H groups in total. The molecule has 0 bridgehead atoms. The van der Waals surface area contributed by atoms with Crippen molar-refractivity contribution in [1.82, 2.24) is 20.1 Å². The number of hydrogen-bond donors (Lipinski definition) is 2. The molecule has 3 rings (SSSR count). The molecule has 0 aliphatic heterocycles. The molecule has 1 aromatic heterocycles. The first-order chi connectivity index (χ1) is 12.5. The van der Waals surface area contributed by atoms with Gasteiger partial charge in [0.05, 0.1) is 12.3 Å². The Morgan fingerprint density at radius 1 is 1.31 bits per heavy atom. The van der Waals surface area contributed by atoms with Gasteiger partial charge < -0.3 is 5.32 Å². The number of benzene rings is 1. The fourth-order valence-corrected chi connectivity index (χ4v) is 4.24. The van der Waals surface area contributed by atoms with Crippen LogP contribution in [-0.4, -0.2) is 32.5 Å². The number of carbonyl (C=O) groups excluding carboxylic acids is 1. The van der Waals surface area contributed by atoms with E-state index in [9.17, 15) is 9.59 Å². The van der Waals surface area contributed by atoms with Gasteiger partial charge in [-0.05, 0) is 23.8 Å². The van der Waals surface area contributed by atoms with Crippen LogP contribution in [0, 0.1) is 11.8 Å². The highest BCUT2D eigenvalue weighted by molar-refractivity contribution is 7.99. The van der Waals surface area contributed by atoms with Crippen LogP contribution in [0.4, 0.5) is 0 Å². The van der Waals surface area contributed by atoms with Crippen molar-refractivity contribution in [2.24, 2.45) is 11.8 Å². The molecule has 2 aromatic rings. The number of H-pyrrole nitrogens is 1. The summed E-state index contributed by atoms with van der Waals surface area (Å²) in [5.74, 6) is 1.41. The van der Waals surface area contributed by atoms with E-state index in [-0.39, 0.29) is 23.4 Å². The predicted molar refractivity (Wildman–Crippen MR) is 103 cm³/mol. The number of hydrogen-bond acceptors (Lipinski definition) is 4. The van der Waals surface area contributed by atoms with Crippen molar-refractivity contribution >= 4 is 17.7 Å². The Labute approximate surface area is 157 Å². The molecule has 6 nitrogen and oxygen atoms in total. The van der Waals surface area contributed by atoms with Crippen molar-refractivity contribution in [3.8, 4) is 0 Å². The fraction of sp³-hybridized carbons (Fsp3) is 0.526. The summed E-state index contributed by atoms with van der Waals surface area (Å²) < 4.78 is 1.57. The maximum Gasteiger partial charge on any atom is 0.344 e. The van der Waals surface area contributed by atoms with Gasteiger partial charge in [0.2, 0.25) is 5.91 Å². The van der Waals surface area contributed by atoms with E-state index in [0.717, 1.165) is 12.0 Å². The summed E-state index contributed by atoms with van der Waals surface area (Å²) in [4.78, 5) is 24.4. The Kier molecular flexibility index (Phi) is 6.19. The SMILES string of the molecule is C[C@@H]1[C@H](C)CCC[C@H]1NC(=O)CSc1n[nH]c(=O)n1Cc1ccccc1. The Morgan fingerprint density at radius 2 is 2.08 bits per heavy atom. The molecule has 0 radical (unpaired) electrons. The van der Waals surface area contributed by atoms with Crippen LogP contribution in [-0.2, 0) is 11.3 Å². The predicted octanol–water partition coefficient (Wildman–Crippen LogP) is 2.65. The molecule has 1 aliphatic rings. The topological polar surface area (TPSA) is 79.8 Å². The lowest BCUT2D eigenvalue weighted by Crippen LogP contribution is -2.44. The summed E-state index contributed by atoms with van der Waals surface area (Å²) in [6.07, 6.45) is 3.45. The minimum atomic E-state index is -0.258. The summed E-state index contributed by atoms with van der Waals surface area (Å²) in [7, 11) is 0. The Morgan fingerprint density at radius 3 is 2.85 bits per heavy atom. The first-order valence-electron chi connectivity index (χ1n) is 9.16. The summed E-state index contributed by atoms with van der Waals surface area (Å²) in [6.45, 7) is 4.91. The Hall–Kier alpha value is -2.02. The molecule has 0 unspecified atom stereocenters. The number of rotatable bonds is 6. The Bertz CT molecular complexity index is 786. The van der Waals surface area contributed by atoms with Gasteiger partial charge in [-0.25, -0.2) is 9.89 Å². The van der Waals surface area contributed by atoms with Gasteiger partial charge in [0.25, 0.3) is 0 Å². The maximum absolute atomic E-state index is 12.4. The highest BCUT2D eigenvalue weighted by Crippen LogP contribution is 2.29. The van der Waals surface area contributed by atoms with Gasteiger partial charge in [0.1, 0.15) is 0 Å². The highest BCUT2D eigenvalue weighted by atomic mass is 32.2. The van der Waals surface area contributed by atoms with Crippen LogP contribution in [0.25, 0.3) is 0 Å². The van der Waals surface area contributed by atoms with Crippen LogP contribution in [0.2, 0.25) is 0 Å². The van der Waals surface area contributed by atoms with Gasteiger partial charge in [0.15, 0.2) is 5.16 Å². The normalized spacial score (nSPS) is 22.9. The smallest absolute Gasteiger partial charge is 0.344 e. The average molecular weight is 375 g/mol. The molecule has 7 heteroatoms. The van der Waals surface area contributed by atoms with Gasteiger partial charge in [0, 0.05) is 6.04 Å². The highest BCUT2D eigenvalue weighted by Gasteiger charge is 2.28. The number of amides is 1. The Balaban J connectivity index is 1.58. The van der Waals surface area contributed by atoms with E-state index in [4.69, 9.17) is 0 Å². The summed E-state index contributed by atoms with van der Waals surface area (Å²) in [5.41, 5.74) is 0.763. The summed E-state index contributed by atoms with van der Waals surface area (Å²) in [6, 6.07) is 9.99. The minimum Gasteiger partial charge on any atom is -0.352 e. The van der Waals surface area contributed by atoms with Crippen molar-refractivity contribution in [1.29, 1.82) is 0 Å². The molecule has 1 aromatic carbocycles. The third-order valence-electron chi connectivity index (χ3n) is 5.29. The molecule has 3 atom stereocenters. The van der Waals surface area contributed by atoms with E-state index < -0.39 is 0 Å². The number of carbonyl (C=O) groups is 1. The molecule has 26 heavy (non-hydrogen) atoms. The van der Waals surface area contributed by atoms with Crippen LogP contribution in [0.1, 0.15) is 38.7 Å². The lowest BCUT2D eigenvalue weighted by molar-refractivity contribution is -0.120. The zero-order chi connectivity index (χ0) is 18.5. The van der Waals surface area contributed by atoms with Gasteiger partial charge in [-0.3, -0.25) is 9.36 Å². The molecule has 1 amide bonds. The molecule has 1 aliphatic carbocycles. The monoisotopic (exact) mass is 374 g/mol. The number of aromatic nitrogens is 3. The first-order valence-corrected chi connectivity index (χ1v) is 10.1. The lowest BCUT2D eigenvalue weighted by atomic mass is 9.78. The number of nitrogens with one attached hydrogen (secondary N) is 2. The summed E-state index contributed by atoms with van der Waals surface area (Å²) in [5, 5.41) is 10.2. The standard InChI is InChI=1S/C19H26N4O2S/c1-13-7-6-10-16(14(13)2)20-17(24)12-26-19-22-21-18(25)23(19)11-15-8-4-3-5-9-15/h3-5,8-9,13-14,16H,6-7,10-12H2,1-2H3,(H,20,24)(H,21,25)/t13-,14-,16-/m1/s1. The second-order valence-electron chi connectivity index (χ2n) is 7.11. The molecule has 0 saturated heterocycles. The molecular formula is C19H26N4O2S. The van der Waals surface area contributed by atoms with Crippen LogP contribution in [0.3, 0.4) is 0 Å². The van der Waals surface area contributed by atoms with Gasteiger partial charge in [-0.1, -0.05) is 68.8 Å². The van der Waals surface area contributed by atoms with E-state index in [2.05, 4.69) is 29.4 Å². The molecule has 1 heterocycles. The van der Waals surface area contributed by atoms with E-state index in [0.29, 0.717) is 23.5 Å². The van der Waals surface area contributed by atoms with E-state index in [1.165, 1.54) is 24.6 Å². The molecular weight excluding hydrogens is 348 g/mol. The molecule has 140 valence electrons.